The van der Waals surface area contributed by atoms with Crippen LogP contribution in [-0.4, -0.2) is 32.5 Å². The highest BCUT2D eigenvalue weighted by Gasteiger charge is 2.51. The fourth-order valence-corrected chi connectivity index (χ4v) is 2.58. The molecule has 0 aliphatic carbocycles. The predicted molar refractivity (Wildman–Crippen MR) is 85.2 cm³/mol. The second-order valence-corrected chi connectivity index (χ2v) is 8.23. The minimum absolute atomic E-state index is 0.0476. The number of sulfonamides is 1. The Balaban J connectivity index is 2.14. The molecule has 0 unspecified atom stereocenters. The summed E-state index contributed by atoms with van der Waals surface area (Å²) in [5.41, 5.74) is 0.630. The van der Waals surface area contributed by atoms with Crippen LogP contribution in [0.4, 0.5) is 5.69 Å². The second-order valence-electron chi connectivity index (χ2n) is 6.22. The van der Waals surface area contributed by atoms with Crippen LogP contribution in [0.2, 0.25) is 0 Å². The standard InChI is InChI=1S/C14H22BNO4S/c1-6-21(17,18)16-12-9-7-11(8-10-12)15-19-13(2,3)14(4,5)20-15/h7-10,16H,6H2,1-5H3. The molecule has 1 fully saturated rings. The number of hydrogen-bond donors (Lipinski definition) is 1. The van der Waals surface area contributed by atoms with E-state index in [9.17, 15) is 8.42 Å². The van der Waals surface area contributed by atoms with Crippen LogP contribution in [0.15, 0.2) is 24.3 Å². The van der Waals surface area contributed by atoms with E-state index < -0.39 is 17.1 Å². The Morgan fingerprint density at radius 1 is 1.05 bits per heavy atom. The van der Waals surface area contributed by atoms with Crippen molar-refractivity contribution in [3.63, 3.8) is 0 Å². The van der Waals surface area contributed by atoms with Crippen molar-refractivity contribution < 1.29 is 17.7 Å². The number of nitrogens with one attached hydrogen (secondary N) is 1. The summed E-state index contributed by atoms with van der Waals surface area (Å²) in [7, 11) is -3.69. The van der Waals surface area contributed by atoms with Crippen LogP contribution in [0.3, 0.4) is 0 Å². The van der Waals surface area contributed by atoms with Gasteiger partial charge in [-0.3, -0.25) is 4.72 Å². The monoisotopic (exact) mass is 311 g/mol. The third-order valence-electron chi connectivity index (χ3n) is 4.09. The predicted octanol–water partition coefficient (Wildman–Crippen LogP) is 1.75. The Hall–Kier alpha value is -1.05. The molecule has 2 rings (SSSR count). The molecule has 0 aromatic heterocycles. The molecule has 0 amide bonds. The van der Waals surface area contributed by atoms with E-state index in [4.69, 9.17) is 9.31 Å². The first-order valence-corrected chi connectivity index (χ1v) is 8.68. The van der Waals surface area contributed by atoms with Crippen LogP contribution in [0, 0.1) is 0 Å². The Labute approximate surface area is 127 Å². The van der Waals surface area contributed by atoms with Crippen LogP contribution < -0.4 is 10.2 Å². The Morgan fingerprint density at radius 2 is 1.52 bits per heavy atom. The van der Waals surface area contributed by atoms with E-state index in [2.05, 4.69) is 4.72 Å². The summed E-state index contributed by atoms with van der Waals surface area (Å²) in [6.45, 7) is 9.59. The van der Waals surface area contributed by atoms with Crippen LogP contribution in [-0.2, 0) is 19.3 Å². The van der Waals surface area contributed by atoms with Gasteiger partial charge in [0, 0.05) is 5.69 Å². The molecule has 1 aromatic rings. The van der Waals surface area contributed by atoms with Gasteiger partial charge in [-0.1, -0.05) is 12.1 Å². The zero-order valence-electron chi connectivity index (χ0n) is 13.1. The van der Waals surface area contributed by atoms with Gasteiger partial charge >= 0.3 is 7.12 Å². The van der Waals surface area contributed by atoms with Crippen LogP contribution >= 0.6 is 0 Å². The van der Waals surface area contributed by atoms with Crippen molar-refractivity contribution in [1.82, 2.24) is 0 Å². The molecule has 1 aromatic carbocycles. The number of anilines is 1. The van der Waals surface area contributed by atoms with Gasteiger partial charge in [0.25, 0.3) is 0 Å². The molecular weight excluding hydrogens is 289 g/mol. The Morgan fingerprint density at radius 3 is 1.95 bits per heavy atom. The maximum absolute atomic E-state index is 11.5. The minimum Gasteiger partial charge on any atom is -0.399 e. The summed E-state index contributed by atoms with van der Waals surface area (Å²) in [5.74, 6) is 0.0476. The molecule has 0 radical (unpaired) electrons. The van der Waals surface area contributed by atoms with Crippen LogP contribution in [0.25, 0.3) is 0 Å². The highest BCUT2D eigenvalue weighted by molar-refractivity contribution is 7.92. The van der Waals surface area contributed by atoms with E-state index in [0.717, 1.165) is 5.46 Å². The number of rotatable bonds is 4. The van der Waals surface area contributed by atoms with E-state index >= 15 is 0 Å². The molecule has 0 spiro atoms. The zero-order chi connectivity index (χ0) is 15.9. The molecule has 1 saturated heterocycles. The lowest BCUT2D eigenvalue weighted by Crippen LogP contribution is -2.41. The Kier molecular flexibility index (Phi) is 4.12. The third kappa shape index (κ3) is 3.41. The lowest BCUT2D eigenvalue weighted by atomic mass is 9.79. The fraction of sp³-hybridized carbons (Fsp3) is 0.571. The molecule has 21 heavy (non-hydrogen) atoms. The fourth-order valence-electron chi connectivity index (χ4n) is 1.94. The topological polar surface area (TPSA) is 64.6 Å². The molecule has 5 nitrogen and oxygen atoms in total. The normalized spacial score (nSPS) is 20.5. The molecule has 7 heteroatoms. The first-order chi connectivity index (χ1) is 9.56. The van der Waals surface area contributed by atoms with Gasteiger partial charge in [0.05, 0.1) is 17.0 Å². The Bertz CT molecular complexity index is 594. The summed E-state index contributed by atoms with van der Waals surface area (Å²) < 4.78 is 37.5. The van der Waals surface area contributed by atoms with Gasteiger partial charge < -0.3 is 9.31 Å². The number of hydrogen-bond acceptors (Lipinski definition) is 4. The van der Waals surface area contributed by atoms with Gasteiger partial charge in [-0.2, -0.15) is 0 Å². The first kappa shape index (κ1) is 16.3. The van der Waals surface area contributed by atoms with E-state index in [0.29, 0.717) is 5.69 Å². The highest BCUT2D eigenvalue weighted by atomic mass is 32.2. The summed E-state index contributed by atoms with van der Waals surface area (Å²) in [4.78, 5) is 0. The minimum atomic E-state index is -3.25. The van der Waals surface area contributed by atoms with Crippen molar-refractivity contribution in [2.45, 2.75) is 45.8 Å². The SMILES string of the molecule is CCS(=O)(=O)Nc1ccc(B2OC(C)(C)C(C)(C)O2)cc1. The van der Waals surface area contributed by atoms with Crippen molar-refractivity contribution in [1.29, 1.82) is 0 Å². The molecular formula is C14H22BNO4S. The maximum Gasteiger partial charge on any atom is 0.494 e. The second kappa shape index (κ2) is 5.30. The van der Waals surface area contributed by atoms with E-state index in [-0.39, 0.29) is 17.0 Å². The molecule has 0 bridgehead atoms. The van der Waals surface area contributed by atoms with E-state index in [1.165, 1.54) is 0 Å². The molecule has 1 aliphatic rings. The average Bonchev–Trinajstić information content (AvgIpc) is 2.59. The van der Waals surface area contributed by atoms with Gasteiger partial charge in [-0.15, -0.1) is 0 Å². The van der Waals surface area contributed by atoms with Crippen LogP contribution in [0.5, 0.6) is 0 Å². The molecule has 1 aliphatic heterocycles. The summed E-state index contributed by atoms with van der Waals surface area (Å²) >= 11 is 0. The maximum atomic E-state index is 11.5. The van der Waals surface area contributed by atoms with Crippen molar-refractivity contribution >= 4 is 28.3 Å². The van der Waals surface area contributed by atoms with Gasteiger partial charge in [-0.05, 0) is 52.2 Å². The summed E-state index contributed by atoms with van der Waals surface area (Å²) in [5, 5.41) is 0. The third-order valence-corrected chi connectivity index (χ3v) is 5.40. The molecule has 1 heterocycles. The zero-order valence-corrected chi connectivity index (χ0v) is 14.0. The lowest BCUT2D eigenvalue weighted by molar-refractivity contribution is 0.00578. The summed E-state index contributed by atoms with van der Waals surface area (Å²) in [6, 6.07) is 7.06. The van der Waals surface area contributed by atoms with Crippen molar-refractivity contribution in [3.05, 3.63) is 24.3 Å². The van der Waals surface area contributed by atoms with Gasteiger partial charge in [-0.25, -0.2) is 8.42 Å². The molecule has 0 saturated carbocycles. The van der Waals surface area contributed by atoms with Crippen molar-refractivity contribution in [3.8, 4) is 0 Å². The molecule has 0 atom stereocenters. The molecule has 1 N–H and O–H groups in total. The van der Waals surface area contributed by atoms with E-state index in [1.807, 2.05) is 39.8 Å². The molecule has 116 valence electrons. The van der Waals surface area contributed by atoms with Gasteiger partial charge in [0.1, 0.15) is 0 Å². The van der Waals surface area contributed by atoms with Crippen LogP contribution in [0.1, 0.15) is 34.6 Å². The number of benzene rings is 1. The largest absolute Gasteiger partial charge is 0.494 e. The quantitative estimate of drug-likeness (QED) is 0.861. The van der Waals surface area contributed by atoms with Gasteiger partial charge in [0.15, 0.2) is 0 Å². The smallest absolute Gasteiger partial charge is 0.399 e. The van der Waals surface area contributed by atoms with E-state index in [1.54, 1.807) is 19.1 Å². The van der Waals surface area contributed by atoms with Crippen molar-refractivity contribution in [2.24, 2.45) is 0 Å². The lowest BCUT2D eigenvalue weighted by Gasteiger charge is -2.32. The van der Waals surface area contributed by atoms with Crippen molar-refractivity contribution in [2.75, 3.05) is 10.5 Å². The first-order valence-electron chi connectivity index (χ1n) is 7.02. The summed E-state index contributed by atoms with van der Waals surface area (Å²) in [6.07, 6.45) is 0. The average molecular weight is 311 g/mol. The highest BCUT2D eigenvalue weighted by Crippen LogP contribution is 2.36. The van der Waals surface area contributed by atoms with Gasteiger partial charge in [0.2, 0.25) is 10.0 Å².